The minimum absolute atomic E-state index is 0.127. The monoisotopic (exact) mass is 453 g/mol. The van der Waals surface area contributed by atoms with E-state index in [1.54, 1.807) is 23.1 Å². The Morgan fingerprint density at radius 1 is 1.06 bits per heavy atom. The summed E-state index contributed by atoms with van der Waals surface area (Å²) in [6.07, 6.45) is 1.01. The van der Waals surface area contributed by atoms with Gasteiger partial charge in [0.1, 0.15) is 0 Å². The minimum atomic E-state index is 0.127. The van der Waals surface area contributed by atoms with Crippen LogP contribution in [0.1, 0.15) is 49.6 Å². The molecule has 3 heterocycles. The molecule has 0 amide bonds. The Bertz CT molecular complexity index is 1180. The molecule has 3 aromatic heterocycles. The van der Waals surface area contributed by atoms with E-state index < -0.39 is 0 Å². The van der Waals surface area contributed by atoms with Crippen LogP contribution in [-0.4, -0.2) is 25.0 Å². The molecule has 0 aliphatic heterocycles. The molecule has 0 fully saturated rings. The van der Waals surface area contributed by atoms with Gasteiger partial charge in [-0.1, -0.05) is 63.7 Å². The largest absolute Gasteiger partial charge is 0.419 e. The van der Waals surface area contributed by atoms with Gasteiger partial charge in [-0.3, -0.25) is 0 Å². The third kappa shape index (κ3) is 4.60. The highest BCUT2D eigenvalue weighted by Crippen LogP contribution is 2.32. The van der Waals surface area contributed by atoms with Gasteiger partial charge in [0.25, 0.3) is 5.89 Å². The second-order valence-electron chi connectivity index (χ2n) is 8.55. The molecule has 8 heteroatoms. The maximum absolute atomic E-state index is 5.89. The number of aromatic nitrogens is 5. The van der Waals surface area contributed by atoms with Crippen LogP contribution in [0, 0.1) is 6.92 Å². The highest BCUT2D eigenvalue weighted by Gasteiger charge is 2.17. The standard InChI is InChI=1S/C23H27N5OS2/c1-7-17-14(2)12-18(31-17)21-26-24-19(29-21)13-30-22-27-25-20(28(22)6)15-8-10-16(11-9-15)23(3,4)5/h8-12H,7,13H2,1-6H3. The first-order chi connectivity index (χ1) is 14.8. The fraction of sp³-hybridized carbons (Fsp3) is 0.391. The van der Waals surface area contributed by atoms with Gasteiger partial charge in [0.15, 0.2) is 11.0 Å². The summed E-state index contributed by atoms with van der Waals surface area (Å²) in [6, 6.07) is 10.7. The van der Waals surface area contributed by atoms with Crippen LogP contribution in [0.3, 0.4) is 0 Å². The predicted molar refractivity (Wildman–Crippen MR) is 126 cm³/mol. The molecule has 0 spiro atoms. The fourth-order valence-electron chi connectivity index (χ4n) is 3.33. The number of rotatable bonds is 6. The van der Waals surface area contributed by atoms with Crippen LogP contribution >= 0.6 is 23.1 Å². The summed E-state index contributed by atoms with van der Waals surface area (Å²) in [5, 5.41) is 18.0. The normalized spacial score (nSPS) is 11.9. The maximum Gasteiger partial charge on any atom is 0.257 e. The van der Waals surface area contributed by atoms with Gasteiger partial charge in [0, 0.05) is 17.5 Å². The fourth-order valence-corrected chi connectivity index (χ4v) is 5.11. The highest BCUT2D eigenvalue weighted by atomic mass is 32.2. The first kappa shape index (κ1) is 21.8. The first-order valence-corrected chi connectivity index (χ1v) is 12.1. The van der Waals surface area contributed by atoms with Crippen molar-refractivity contribution in [3.8, 4) is 22.2 Å². The molecule has 4 aromatic rings. The van der Waals surface area contributed by atoms with Gasteiger partial charge >= 0.3 is 0 Å². The summed E-state index contributed by atoms with van der Waals surface area (Å²) >= 11 is 3.26. The van der Waals surface area contributed by atoms with E-state index in [9.17, 15) is 0 Å². The average Bonchev–Trinajstić information content (AvgIpc) is 3.44. The van der Waals surface area contributed by atoms with E-state index >= 15 is 0 Å². The van der Waals surface area contributed by atoms with E-state index in [2.05, 4.69) is 85.3 Å². The molecule has 0 radical (unpaired) electrons. The lowest BCUT2D eigenvalue weighted by molar-refractivity contribution is 0.529. The number of benzene rings is 1. The number of hydrogen-bond donors (Lipinski definition) is 0. The molecule has 0 saturated carbocycles. The van der Waals surface area contributed by atoms with Crippen molar-refractivity contribution in [2.24, 2.45) is 7.05 Å². The van der Waals surface area contributed by atoms with Crippen molar-refractivity contribution in [2.75, 3.05) is 0 Å². The Labute approximate surface area is 191 Å². The van der Waals surface area contributed by atoms with Crippen molar-refractivity contribution in [2.45, 2.75) is 57.4 Å². The topological polar surface area (TPSA) is 69.6 Å². The molecule has 0 saturated heterocycles. The SMILES string of the molecule is CCc1sc(-c2nnc(CSc3nnc(-c4ccc(C(C)(C)C)cc4)n3C)o2)cc1C. The van der Waals surface area contributed by atoms with E-state index in [0.29, 0.717) is 17.5 Å². The van der Waals surface area contributed by atoms with Crippen LogP contribution < -0.4 is 0 Å². The molecular formula is C23H27N5OS2. The number of hydrogen-bond acceptors (Lipinski definition) is 7. The summed E-state index contributed by atoms with van der Waals surface area (Å²) in [7, 11) is 1.98. The molecule has 0 aliphatic carbocycles. The van der Waals surface area contributed by atoms with Crippen molar-refractivity contribution < 1.29 is 4.42 Å². The van der Waals surface area contributed by atoms with E-state index in [1.165, 1.54) is 16.0 Å². The lowest BCUT2D eigenvalue weighted by atomic mass is 9.87. The molecule has 6 nitrogen and oxygen atoms in total. The van der Waals surface area contributed by atoms with Gasteiger partial charge in [-0.2, -0.15) is 0 Å². The van der Waals surface area contributed by atoms with Gasteiger partial charge in [-0.05, 0) is 36.0 Å². The van der Waals surface area contributed by atoms with Crippen LogP contribution in [-0.2, 0) is 24.6 Å². The zero-order valence-electron chi connectivity index (χ0n) is 18.8. The van der Waals surface area contributed by atoms with Gasteiger partial charge in [0.2, 0.25) is 5.89 Å². The Morgan fingerprint density at radius 3 is 2.45 bits per heavy atom. The molecular weight excluding hydrogens is 426 g/mol. The zero-order valence-corrected chi connectivity index (χ0v) is 20.4. The lowest BCUT2D eigenvalue weighted by Crippen LogP contribution is -2.10. The summed E-state index contributed by atoms with van der Waals surface area (Å²) in [6.45, 7) is 10.9. The predicted octanol–water partition coefficient (Wildman–Crippen LogP) is 6.05. The van der Waals surface area contributed by atoms with Crippen molar-refractivity contribution in [1.29, 1.82) is 0 Å². The average molecular weight is 454 g/mol. The van der Waals surface area contributed by atoms with Crippen LogP contribution in [0.5, 0.6) is 0 Å². The zero-order chi connectivity index (χ0) is 22.2. The Balaban J connectivity index is 1.45. The van der Waals surface area contributed by atoms with Crippen LogP contribution in [0.2, 0.25) is 0 Å². The van der Waals surface area contributed by atoms with Crippen LogP contribution in [0.15, 0.2) is 39.9 Å². The van der Waals surface area contributed by atoms with Crippen molar-refractivity contribution in [3.63, 3.8) is 0 Å². The molecule has 1 aromatic carbocycles. The van der Waals surface area contributed by atoms with E-state index in [-0.39, 0.29) is 5.41 Å². The van der Waals surface area contributed by atoms with E-state index in [0.717, 1.165) is 27.8 Å². The Morgan fingerprint density at radius 2 is 1.81 bits per heavy atom. The van der Waals surface area contributed by atoms with E-state index in [4.69, 9.17) is 4.42 Å². The molecule has 0 atom stereocenters. The third-order valence-corrected chi connectivity index (χ3v) is 7.56. The minimum Gasteiger partial charge on any atom is -0.419 e. The molecule has 0 bridgehead atoms. The number of thiophene rings is 1. The second-order valence-corrected chi connectivity index (χ2v) is 10.6. The molecule has 31 heavy (non-hydrogen) atoms. The Hall–Kier alpha value is -2.45. The Kier molecular flexibility index (Phi) is 6.03. The summed E-state index contributed by atoms with van der Waals surface area (Å²) < 4.78 is 7.89. The molecule has 0 aliphatic rings. The van der Waals surface area contributed by atoms with Gasteiger partial charge in [0.05, 0.1) is 10.6 Å². The second kappa shape index (κ2) is 8.59. The summed E-state index contributed by atoms with van der Waals surface area (Å²) in [5.41, 5.74) is 3.75. The van der Waals surface area contributed by atoms with Gasteiger partial charge in [-0.25, -0.2) is 0 Å². The maximum atomic E-state index is 5.89. The molecule has 162 valence electrons. The third-order valence-electron chi connectivity index (χ3n) is 5.19. The number of nitrogens with zero attached hydrogens (tertiary/aromatic N) is 5. The van der Waals surface area contributed by atoms with Crippen molar-refractivity contribution in [1.82, 2.24) is 25.0 Å². The number of thioether (sulfide) groups is 1. The number of aryl methyl sites for hydroxylation is 2. The van der Waals surface area contributed by atoms with Crippen LogP contribution in [0.4, 0.5) is 0 Å². The highest BCUT2D eigenvalue weighted by molar-refractivity contribution is 7.98. The van der Waals surface area contributed by atoms with Gasteiger partial charge in [-0.15, -0.1) is 31.7 Å². The summed E-state index contributed by atoms with van der Waals surface area (Å²) in [4.78, 5) is 2.38. The van der Waals surface area contributed by atoms with Crippen LogP contribution in [0.25, 0.3) is 22.2 Å². The molecule has 4 rings (SSSR count). The smallest absolute Gasteiger partial charge is 0.257 e. The van der Waals surface area contributed by atoms with E-state index in [1.807, 2.05) is 11.6 Å². The molecule has 0 unspecified atom stereocenters. The first-order valence-electron chi connectivity index (χ1n) is 10.3. The molecule has 0 N–H and O–H groups in total. The summed E-state index contributed by atoms with van der Waals surface area (Å²) in [5.74, 6) is 2.56. The van der Waals surface area contributed by atoms with Crippen molar-refractivity contribution in [3.05, 3.63) is 52.2 Å². The van der Waals surface area contributed by atoms with Crippen molar-refractivity contribution >= 4 is 23.1 Å². The van der Waals surface area contributed by atoms with Gasteiger partial charge < -0.3 is 8.98 Å². The lowest BCUT2D eigenvalue weighted by Gasteiger charge is -2.19. The quantitative estimate of drug-likeness (QED) is 0.331.